The molecule has 5 rings (SSSR count). The van der Waals surface area contributed by atoms with Crippen molar-refractivity contribution in [2.75, 3.05) is 13.1 Å². The average molecular weight is 413 g/mol. The molecule has 4 fully saturated rings. The Kier molecular flexibility index (Phi) is 5.38. The third kappa shape index (κ3) is 3.62. The summed E-state index contributed by atoms with van der Waals surface area (Å²) >= 11 is 0. The van der Waals surface area contributed by atoms with Crippen LogP contribution in [0.1, 0.15) is 45.0 Å². The molecule has 0 amide bonds. The molecule has 160 valence electrons. The molecule has 1 unspecified atom stereocenters. The van der Waals surface area contributed by atoms with Gasteiger partial charge in [0.15, 0.2) is 0 Å². The van der Waals surface area contributed by atoms with E-state index in [1.165, 1.54) is 6.42 Å². The summed E-state index contributed by atoms with van der Waals surface area (Å²) in [4.78, 5) is 39.0. The Bertz CT molecular complexity index is 823. The largest absolute Gasteiger partial charge is 0.618 e. The Morgan fingerprint density at radius 1 is 1.13 bits per heavy atom. The molecule has 7 nitrogen and oxygen atoms in total. The van der Waals surface area contributed by atoms with Crippen molar-refractivity contribution in [3.05, 3.63) is 35.9 Å². The first-order valence-corrected chi connectivity index (χ1v) is 10.6. The molecule has 1 N–H and O–H groups in total. The van der Waals surface area contributed by atoms with Crippen LogP contribution in [0.25, 0.3) is 0 Å². The number of aliphatic carboxylic acids is 1. The summed E-state index contributed by atoms with van der Waals surface area (Å²) in [6, 6.07) is 8.48. The lowest BCUT2D eigenvalue weighted by Gasteiger charge is -2.63. The number of nitrogens with zero attached hydrogens (tertiary/aromatic N) is 1. The van der Waals surface area contributed by atoms with Crippen LogP contribution in [0.2, 0.25) is 0 Å². The number of rotatable bonds is 4. The second-order valence-corrected chi connectivity index (χ2v) is 9.50. The number of carboxylic acids is 1. The zero-order valence-electron chi connectivity index (χ0n) is 17.6. The van der Waals surface area contributed by atoms with E-state index in [0.717, 1.165) is 6.42 Å². The first-order chi connectivity index (χ1) is 14.2. The van der Waals surface area contributed by atoms with Crippen LogP contribution in [0.5, 0.6) is 0 Å². The number of hydrogen-bond acceptors (Lipinski definition) is 6. The van der Waals surface area contributed by atoms with E-state index in [1.807, 2.05) is 4.90 Å². The maximum absolute atomic E-state index is 12.6. The highest BCUT2D eigenvalue weighted by Crippen LogP contribution is 2.62. The number of carbonyl (C=O) groups is 3. The molecule has 1 aromatic rings. The summed E-state index contributed by atoms with van der Waals surface area (Å²) < 4.78 is 10.7. The Labute approximate surface area is 176 Å². The molecule has 0 radical (unpaired) electrons. The lowest BCUT2D eigenvalue weighted by Crippen LogP contribution is -2.62. The van der Waals surface area contributed by atoms with E-state index in [2.05, 4.69) is 20.8 Å². The summed E-state index contributed by atoms with van der Waals surface area (Å²) in [5.74, 6) is -2.11. The average Bonchev–Trinajstić information content (AvgIpc) is 2.66. The quantitative estimate of drug-likeness (QED) is 0.758. The molecule has 8 heteroatoms. The highest BCUT2D eigenvalue weighted by molar-refractivity contribution is 6.55. The van der Waals surface area contributed by atoms with Gasteiger partial charge in [0.05, 0.1) is 13.1 Å². The zero-order chi connectivity index (χ0) is 21.6. The highest BCUT2D eigenvalue weighted by Gasteiger charge is 2.57. The first-order valence-electron chi connectivity index (χ1n) is 10.6. The van der Waals surface area contributed by atoms with Gasteiger partial charge in [0.25, 0.3) is 0 Å². The molecule has 1 aromatic carbocycles. The van der Waals surface area contributed by atoms with Gasteiger partial charge >= 0.3 is 25.0 Å². The Hall–Kier alpha value is -2.35. The van der Waals surface area contributed by atoms with Crippen LogP contribution < -0.4 is 0 Å². The van der Waals surface area contributed by atoms with E-state index >= 15 is 0 Å². The lowest BCUT2D eigenvalue weighted by atomic mass is 9.44. The predicted molar refractivity (Wildman–Crippen MR) is 109 cm³/mol. The third-order valence-electron chi connectivity index (χ3n) is 7.64. The van der Waals surface area contributed by atoms with Crippen LogP contribution >= 0.6 is 0 Å². The minimum atomic E-state index is -1.48. The van der Waals surface area contributed by atoms with Gasteiger partial charge < -0.3 is 14.4 Å². The number of carbonyl (C=O) groups excluding carboxylic acids is 2. The van der Waals surface area contributed by atoms with Gasteiger partial charge in [-0.15, -0.1) is 0 Å². The van der Waals surface area contributed by atoms with Crippen molar-refractivity contribution < 1.29 is 28.8 Å². The second kappa shape index (κ2) is 7.73. The molecule has 3 aliphatic carbocycles. The lowest BCUT2D eigenvalue weighted by molar-refractivity contribution is -0.160. The van der Waals surface area contributed by atoms with Crippen molar-refractivity contribution in [2.24, 2.45) is 23.2 Å². The van der Waals surface area contributed by atoms with Gasteiger partial charge in [0.2, 0.25) is 0 Å². The Morgan fingerprint density at radius 3 is 2.23 bits per heavy atom. The summed E-state index contributed by atoms with van der Waals surface area (Å²) in [6.07, 6.45) is 2.14. The Morgan fingerprint density at radius 2 is 1.73 bits per heavy atom. The molecule has 2 bridgehead atoms. The standard InChI is InChI=1S/C22H28BNO6/c1-13-16-9-15(22(16,2)3)10-17(13)24-11-18(25)29-23(30-19(26)12-24)20(21(27)28)14-7-5-4-6-8-14/h4-8,13,15-17,20H,9-12H2,1-3H3,(H,27,28)/t13-,15+,16-,17+,20?/m1/s1. The smallest absolute Gasteiger partial charge is 0.497 e. The fourth-order valence-corrected chi connectivity index (χ4v) is 5.80. The van der Waals surface area contributed by atoms with Crippen molar-refractivity contribution in [1.29, 1.82) is 0 Å². The summed E-state index contributed by atoms with van der Waals surface area (Å²) in [6.45, 7) is 6.72. The van der Waals surface area contributed by atoms with Gasteiger partial charge in [-0.2, -0.15) is 0 Å². The molecular formula is C22H28BNO6. The van der Waals surface area contributed by atoms with Gasteiger partial charge in [-0.05, 0) is 41.6 Å². The topological polar surface area (TPSA) is 93.1 Å². The van der Waals surface area contributed by atoms with Crippen LogP contribution in [0, 0.1) is 23.2 Å². The second-order valence-electron chi connectivity index (χ2n) is 9.50. The zero-order valence-corrected chi connectivity index (χ0v) is 17.6. The van der Waals surface area contributed by atoms with Crippen molar-refractivity contribution in [3.63, 3.8) is 0 Å². The third-order valence-corrected chi connectivity index (χ3v) is 7.64. The summed E-state index contributed by atoms with van der Waals surface area (Å²) in [5.41, 5.74) is 0.714. The minimum absolute atomic E-state index is 0.0401. The van der Waals surface area contributed by atoms with Crippen LogP contribution in [0.15, 0.2) is 30.3 Å². The maximum atomic E-state index is 12.6. The molecule has 30 heavy (non-hydrogen) atoms. The fraction of sp³-hybridized carbons (Fsp3) is 0.591. The maximum Gasteiger partial charge on any atom is 0.618 e. The van der Waals surface area contributed by atoms with Crippen molar-refractivity contribution >= 4 is 25.0 Å². The van der Waals surface area contributed by atoms with Crippen LogP contribution in [0.3, 0.4) is 0 Å². The number of benzene rings is 1. The molecule has 4 aliphatic rings. The number of carboxylic acid groups (broad SMARTS) is 1. The van der Waals surface area contributed by atoms with Crippen molar-refractivity contribution in [1.82, 2.24) is 4.90 Å². The normalized spacial score (nSPS) is 32.2. The van der Waals surface area contributed by atoms with E-state index in [1.54, 1.807) is 30.3 Å². The fourth-order valence-electron chi connectivity index (χ4n) is 5.80. The molecule has 3 saturated carbocycles. The highest BCUT2D eigenvalue weighted by atomic mass is 16.6. The van der Waals surface area contributed by atoms with E-state index < -0.39 is 30.8 Å². The van der Waals surface area contributed by atoms with Crippen molar-refractivity contribution in [3.8, 4) is 0 Å². The number of fused-ring (bicyclic) bond motifs is 2. The van der Waals surface area contributed by atoms with E-state index in [4.69, 9.17) is 9.31 Å². The summed E-state index contributed by atoms with van der Waals surface area (Å²) in [7, 11) is -1.48. The van der Waals surface area contributed by atoms with Gasteiger partial charge in [-0.1, -0.05) is 51.1 Å². The van der Waals surface area contributed by atoms with Gasteiger partial charge in [0, 0.05) is 6.04 Å². The summed E-state index contributed by atoms with van der Waals surface area (Å²) in [5, 5.41) is 9.69. The minimum Gasteiger partial charge on any atom is -0.497 e. The molecular weight excluding hydrogens is 385 g/mol. The Balaban J connectivity index is 1.50. The van der Waals surface area contributed by atoms with Gasteiger partial charge in [-0.3, -0.25) is 19.3 Å². The first kappa shape index (κ1) is 20.9. The molecule has 1 saturated heterocycles. The van der Waals surface area contributed by atoms with E-state index in [-0.39, 0.29) is 19.1 Å². The van der Waals surface area contributed by atoms with Crippen LogP contribution in [0.4, 0.5) is 0 Å². The van der Waals surface area contributed by atoms with E-state index in [9.17, 15) is 19.5 Å². The number of hydrogen-bond donors (Lipinski definition) is 1. The molecule has 5 atom stereocenters. The molecule has 0 spiro atoms. The molecule has 0 aromatic heterocycles. The van der Waals surface area contributed by atoms with Crippen LogP contribution in [-0.4, -0.2) is 54.2 Å². The molecule has 1 heterocycles. The van der Waals surface area contributed by atoms with Gasteiger partial charge in [0.1, 0.15) is 5.82 Å². The monoisotopic (exact) mass is 413 g/mol. The molecule has 1 aliphatic heterocycles. The predicted octanol–water partition coefficient (Wildman–Crippen LogP) is 2.35. The van der Waals surface area contributed by atoms with Crippen molar-refractivity contribution in [2.45, 2.75) is 45.5 Å². The van der Waals surface area contributed by atoms with Crippen LogP contribution in [-0.2, 0) is 23.7 Å². The van der Waals surface area contributed by atoms with Gasteiger partial charge in [-0.25, -0.2) is 0 Å². The van der Waals surface area contributed by atoms with E-state index in [0.29, 0.717) is 28.7 Å². The SMILES string of the molecule is C[C@@H]1[C@H]2C[C@@H](C[C@@H]1N1CC(=O)OB(C(C(=O)O)c3ccccc3)OC(=O)C1)C2(C)C.